The molecule has 0 aliphatic carbocycles. The second kappa shape index (κ2) is 17.2. The van der Waals surface area contributed by atoms with Crippen LogP contribution in [0.2, 0.25) is 0 Å². The molecule has 0 bridgehead atoms. The molecular weight excluding hydrogens is 354 g/mol. The molecule has 3 atom stereocenters. The number of nitrogens with zero attached hydrogens (tertiary/aromatic N) is 1. The van der Waals surface area contributed by atoms with Crippen molar-refractivity contribution < 1.29 is 4.74 Å². The Labute approximate surface area is 183 Å². The monoisotopic (exact) mass is 405 g/mol. The molecule has 0 saturated carbocycles. The van der Waals surface area contributed by atoms with Crippen molar-refractivity contribution in [2.45, 2.75) is 130 Å². The lowest BCUT2D eigenvalue weighted by Crippen LogP contribution is -2.40. The third-order valence-corrected chi connectivity index (χ3v) is 6.38. The summed E-state index contributed by atoms with van der Waals surface area (Å²) in [5.74, 6) is 8.11. The van der Waals surface area contributed by atoms with Crippen LogP contribution in [0.5, 0.6) is 0 Å². The lowest BCUT2D eigenvalue weighted by molar-refractivity contribution is -0.0146. The molecule has 0 radical (unpaired) electrons. The van der Waals surface area contributed by atoms with E-state index in [0.29, 0.717) is 12.0 Å². The normalized spacial score (nSPS) is 18.8. The van der Waals surface area contributed by atoms with Crippen LogP contribution < -0.4 is 0 Å². The zero-order valence-electron chi connectivity index (χ0n) is 20.5. The van der Waals surface area contributed by atoms with Gasteiger partial charge in [-0.1, -0.05) is 90.9 Å². The summed E-state index contributed by atoms with van der Waals surface area (Å²) >= 11 is 0. The molecule has 1 rings (SSSR count). The van der Waals surface area contributed by atoms with Gasteiger partial charge in [-0.05, 0) is 44.9 Å². The lowest BCUT2D eigenvalue weighted by Gasteiger charge is -2.35. The molecule has 0 N–H and O–H groups in total. The van der Waals surface area contributed by atoms with Gasteiger partial charge in [0, 0.05) is 25.6 Å². The second-order valence-electron chi connectivity index (χ2n) is 9.47. The minimum atomic E-state index is 0.0752. The largest absolute Gasteiger partial charge is 0.362 e. The predicted octanol–water partition coefficient (Wildman–Crippen LogP) is 7.46. The summed E-state index contributed by atoms with van der Waals surface area (Å²) in [6, 6.07) is 0. The summed E-state index contributed by atoms with van der Waals surface area (Å²) in [7, 11) is 0. The summed E-state index contributed by atoms with van der Waals surface area (Å²) in [5, 5.41) is 0. The first-order valence-corrected chi connectivity index (χ1v) is 13.0. The first-order valence-electron chi connectivity index (χ1n) is 13.0. The van der Waals surface area contributed by atoms with Crippen molar-refractivity contribution in [2.24, 2.45) is 11.8 Å². The molecule has 0 aromatic heterocycles. The maximum Gasteiger partial charge on any atom is 0.115 e. The van der Waals surface area contributed by atoms with Gasteiger partial charge in [-0.3, -0.25) is 0 Å². The van der Waals surface area contributed by atoms with Crippen LogP contribution in [-0.2, 0) is 4.74 Å². The van der Waals surface area contributed by atoms with E-state index in [1.807, 2.05) is 0 Å². The zero-order valence-corrected chi connectivity index (χ0v) is 20.5. The Morgan fingerprint density at radius 1 is 0.793 bits per heavy atom. The van der Waals surface area contributed by atoms with E-state index in [9.17, 15) is 0 Å². The molecule has 1 aliphatic heterocycles. The van der Waals surface area contributed by atoms with Crippen LogP contribution in [0.15, 0.2) is 0 Å². The highest BCUT2D eigenvalue weighted by Gasteiger charge is 2.23. The highest BCUT2D eigenvalue weighted by Crippen LogP contribution is 2.22. The standard InChI is InChI=1S/C27H51NO/c1-6-9-11-13-16-26(15-12-10-7-2)23-28-21-19-27(20-22-28)29-25(5)18-17-24(4)14-8-3/h24-27H,6-16,19-23H2,1-5H3/t24?,25-,26?/m1/s1. The van der Waals surface area contributed by atoms with Crippen LogP contribution in [0.3, 0.4) is 0 Å². The van der Waals surface area contributed by atoms with Gasteiger partial charge >= 0.3 is 0 Å². The Morgan fingerprint density at radius 3 is 2.03 bits per heavy atom. The topological polar surface area (TPSA) is 12.5 Å². The van der Waals surface area contributed by atoms with Gasteiger partial charge in [0.05, 0.1) is 6.10 Å². The van der Waals surface area contributed by atoms with E-state index in [2.05, 4.69) is 51.4 Å². The van der Waals surface area contributed by atoms with Crippen molar-refractivity contribution in [2.75, 3.05) is 19.6 Å². The number of ether oxygens (including phenoxy) is 1. The van der Waals surface area contributed by atoms with Gasteiger partial charge in [-0.25, -0.2) is 0 Å². The minimum Gasteiger partial charge on any atom is -0.362 e. The Balaban J connectivity index is 2.33. The van der Waals surface area contributed by atoms with Crippen molar-refractivity contribution >= 4 is 0 Å². The molecule has 0 aromatic carbocycles. The summed E-state index contributed by atoms with van der Waals surface area (Å²) < 4.78 is 6.24. The third kappa shape index (κ3) is 13.4. The summed E-state index contributed by atoms with van der Waals surface area (Å²) in [5.41, 5.74) is 0. The lowest BCUT2D eigenvalue weighted by atomic mass is 9.93. The minimum absolute atomic E-state index is 0.0752. The van der Waals surface area contributed by atoms with Crippen molar-refractivity contribution in [1.29, 1.82) is 0 Å². The van der Waals surface area contributed by atoms with Gasteiger partial charge in [0.1, 0.15) is 6.10 Å². The fourth-order valence-corrected chi connectivity index (χ4v) is 4.55. The average molecular weight is 406 g/mol. The van der Waals surface area contributed by atoms with Crippen LogP contribution in [0.1, 0.15) is 118 Å². The SMILES string of the molecule is CCCCCCC(CCCCC)CN1CCC(O[C@H](C)C#CC(C)CCC)CC1. The van der Waals surface area contributed by atoms with Crippen LogP contribution in [0.25, 0.3) is 0 Å². The highest BCUT2D eigenvalue weighted by atomic mass is 16.5. The van der Waals surface area contributed by atoms with Crippen LogP contribution in [-0.4, -0.2) is 36.7 Å². The maximum absolute atomic E-state index is 6.24. The first-order chi connectivity index (χ1) is 14.1. The van der Waals surface area contributed by atoms with E-state index < -0.39 is 0 Å². The van der Waals surface area contributed by atoms with E-state index in [4.69, 9.17) is 4.74 Å². The Bertz CT molecular complexity index is 430. The molecule has 2 heteroatoms. The smallest absolute Gasteiger partial charge is 0.115 e. The number of hydrogen-bond acceptors (Lipinski definition) is 2. The molecule has 1 heterocycles. The van der Waals surface area contributed by atoms with Crippen LogP contribution in [0.4, 0.5) is 0 Å². The van der Waals surface area contributed by atoms with Crippen molar-refractivity contribution in [3.8, 4) is 11.8 Å². The number of hydrogen-bond donors (Lipinski definition) is 0. The Hall–Kier alpha value is -0.520. The first kappa shape index (κ1) is 26.5. The van der Waals surface area contributed by atoms with Crippen molar-refractivity contribution in [3.63, 3.8) is 0 Å². The van der Waals surface area contributed by atoms with Gasteiger partial charge in [0.15, 0.2) is 0 Å². The van der Waals surface area contributed by atoms with Crippen LogP contribution >= 0.6 is 0 Å². The van der Waals surface area contributed by atoms with Gasteiger partial charge < -0.3 is 9.64 Å². The van der Waals surface area contributed by atoms with Gasteiger partial charge in [-0.2, -0.15) is 0 Å². The molecule has 2 nitrogen and oxygen atoms in total. The summed E-state index contributed by atoms with van der Waals surface area (Å²) in [6.45, 7) is 14.9. The molecule has 1 fully saturated rings. The zero-order chi connectivity index (χ0) is 21.3. The van der Waals surface area contributed by atoms with E-state index in [0.717, 1.165) is 5.92 Å². The van der Waals surface area contributed by atoms with E-state index in [-0.39, 0.29) is 6.10 Å². The second-order valence-corrected chi connectivity index (χ2v) is 9.47. The van der Waals surface area contributed by atoms with Crippen molar-refractivity contribution in [3.05, 3.63) is 0 Å². The number of likely N-dealkylation sites (tertiary alicyclic amines) is 1. The third-order valence-electron chi connectivity index (χ3n) is 6.38. The fraction of sp³-hybridized carbons (Fsp3) is 0.926. The molecule has 2 unspecified atom stereocenters. The fourth-order valence-electron chi connectivity index (χ4n) is 4.55. The van der Waals surface area contributed by atoms with E-state index in [1.54, 1.807) is 0 Å². The molecular formula is C27H51NO. The Morgan fingerprint density at radius 2 is 1.41 bits per heavy atom. The summed E-state index contributed by atoms with van der Waals surface area (Å²) in [6.07, 6.45) is 17.8. The quantitative estimate of drug-likeness (QED) is 0.207. The van der Waals surface area contributed by atoms with Gasteiger partial charge in [0.2, 0.25) is 0 Å². The predicted molar refractivity (Wildman–Crippen MR) is 128 cm³/mol. The molecule has 0 aromatic rings. The number of unbranched alkanes of at least 4 members (excludes halogenated alkanes) is 5. The van der Waals surface area contributed by atoms with Crippen molar-refractivity contribution in [1.82, 2.24) is 4.90 Å². The Kier molecular flexibility index (Phi) is 15.7. The molecule has 1 aliphatic rings. The number of piperidine rings is 1. The van der Waals surface area contributed by atoms with E-state index in [1.165, 1.54) is 103 Å². The number of rotatable bonds is 15. The molecule has 0 spiro atoms. The van der Waals surface area contributed by atoms with Gasteiger partial charge in [-0.15, -0.1) is 0 Å². The van der Waals surface area contributed by atoms with Gasteiger partial charge in [0.25, 0.3) is 0 Å². The summed E-state index contributed by atoms with van der Waals surface area (Å²) in [4.78, 5) is 2.72. The highest BCUT2D eigenvalue weighted by molar-refractivity contribution is 5.06. The molecule has 1 saturated heterocycles. The molecule has 170 valence electrons. The molecule has 29 heavy (non-hydrogen) atoms. The van der Waals surface area contributed by atoms with E-state index >= 15 is 0 Å². The van der Waals surface area contributed by atoms with Crippen LogP contribution in [0, 0.1) is 23.7 Å². The maximum atomic E-state index is 6.24. The average Bonchev–Trinajstić information content (AvgIpc) is 2.71. The molecule has 0 amide bonds.